The van der Waals surface area contributed by atoms with E-state index in [-0.39, 0.29) is 46.8 Å². The van der Waals surface area contributed by atoms with Gasteiger partial charge in [-0.15, -0.1) is 0 Å². The zero-order valence-corrected chi connectivity index (χ0v) is 34.6. The number of aliphatic hydroxyl groups is 9. The van der Waals surface area contributed by atoms with Crippen molar-refractivity contribution in [2.75, 3.05) is 26.9 Å². The summed E-state index contributed by atoms with van der Waals surface area (Å²) in [4.78, 5) is 27.1. The van der Waals surface area contributed by atoms with Gasteiger partial charge in [-0.2, -0.15) is 0 Å². The van der Waals surface area contributed by atoms with Crippen molar-refractivity contribution in [3.05, 3.63) is 70.4 Å². The van der Waals surface area contributed by atoms with E-state index < -0.39 is 120 Å². The standard InChI is InChI=1S/C43H52O20/c1-19(9-10-43(55)41(2)14-21(46)15-42(43,3)57-18-41)11-28(48)62-37-31(50)27(17-45)61-40(35(37)54)58-22-7-5-20(6-8-22)36-38(63-39-34(53)33(52)30(49)26(16-44)60-39)32(51)29-24(47)12-23(56-4)13-25(29)59-36/h5-13,21,26-27,30-31,33-35,37,39-40,44-47,49-50,52-55H,14-18H2,1-4H3/t21-,26+,27+,30+,31+,33-,34+,35+,37-,39-,40+,41+,42-,43-/m0/s1. The number of aliphatic hydroxyl groups excluding tert-OH is 8. The summed E-state index contributed by atoms with van der Waals surface area (Å²) in [7, 11) is 1.33. The minimum Gasteiger partial charge on any atom is -0.507 e. The minimum absolute atomic E-state index is 0.0224. The molecule has 0 amide bonds. The Morgan fingerprint density at radius 2 is 1.51 bits per heavy atom. The van der Waals surface area contributed by atoms with E-state index in [4.69, 9.17) is 37.6 Å². The summed E-state index contributed by atoms with van der Waals surface area (Å²) < 4.78 is 45.4. The van der Waals surface area contributed by atoms with Crippen LogP contribution in [0.3, 0.4) is 0 Å². The molecule has 63 heavy (non-hydrogen) atoms. The summed E-state index contributed by atoms with van der Waals surface area (Å²) in [6, 6.07) is 7.96. The van der Waals surface area contributed by atoms with Crippen LogP contribution >= 0.6 is 0 Å². The lowest BCUT2D eigenvalue weighted by Crippen LogP contribution is -2.61. The number of esters is 1. The zero-order chi connectivity index (χ0) is 45.8. The molecule has 3 aliphatic heterocycles. The number of methoxy groups -OCH3 is 1. The highest BCUT2D eigenvalue weighted by Crippen LogP contribution is 2.57. The third-order valence-electron chi connectivity index (χ3n) is 12.3. The molecule has 2 aromatic carbocycles. The molecule has 20 nitrogen and oxygen atoms in total. The van der Waals surface area contributed by atoms with Gasteiger partial charge in [0.1, 0.15) is 76.0 Å². The summed E-state index contributed by atoms with van der Waals surface area (Å²) in [5.74, 6) is -2.25. The third kappa shape index (κ3) is 8.42. The van der Waals surface area contributed by atoms with Crippen molar-refractivity contribution in [1.82, 2.24) is 0 Å². The highest BCUT2D eigenvalue weighted by atomic mass is 16.7. The number of ether oxygens (including phenoxy) is 7. The molecule has 1 saturated carbocycles. The highest BCUT2D eigenvalue weighted by Gasteiger charge is 2.67. The average Bonchev–Trinajstić information content (AvgIpc) is 3.33. The molecule has 20 heteroatoms. The Bertz CT molecular complexity index is 2250. The summed E-state index contributed by atoms with van der Waals surface area (Å²) in [5.41, 5.74) is -3.93. The molecular weight excluding hydrogens is 836 g/mol. The number of carbonyl (C=O) groups is 1. The van der Waals surface area contributed by atoms with Crippen LogP contribution in [0.4, 0.5) is 0 Å². The number of rotatable bonds is 12. The second-order valence-electron chi connectivity index (χ2n) is 16.8. The summed E-state index contributed by atoms with van der Waals surface area (Å²) in [5, 5.41) is 106. The molecule has 14 atom stereocenters. The van der Waals surface area contributed by atoms with Crippen LogP contribution in [0.25, 0.3) is 22.3 Å². The minimum atomic E-state index is -1.91. The van der Waals surface area contributed by atoms with Gasteiger partial charge in [0.2, 0.25) is 23.8 Å². The maximum Gasteiger partial charge on any atom is 0.331 e. The van der Waals surface area contributed by atoms with Gasteiger partial charge < -0.3 is 88.6 Å². The third-order valence-corrected chi connectivity index (χ3v) is 12.3. The van der Waals surface area contributed by atoms with Crippen LogP contribution < -0.4 is 19.6 Å². The fraction of sp³-hybridized carbons (Fsp3) is 0.535. The van der Waals surface area contributed by atoms with Crippen LogP contribution in [0, 0.1) is 5.41 Å². The SMILES string of the molecule is COc1cc(O)c2c(=O)c(O[C@@H]3O[C@H](CO)[C@@H](O)[C@H](O)[C@H]3O)c(-c3ccc(O[C@@H]4O[C@H](CO)[C@@H](O)[C@H](OC(=O)C=C(C)C=C[C@]5(O)[C@@]6(C)CO[C@@]5(C)C[C@@H](O)C6)[C@H]4O)cc3)oc2c1. The Hall–Kier alpha value is -4.68. The average molecular weight is 889 g/mol. The molecular formula is C43H52O20. The predicted molar refractivity (Wildman–Crippen MR) is 214 cm³/mol. The molecule has 4 heterocycles. The molecule has 1 aromatic heterocycles. The lowest BCUT2D eigenvalue weighted by Gasteiger charge is -2.49. The molecule has 3 saturated heterocycles. The van der Waals surface area contributed by atoms with Gasteiger partial charge in [-0.3, -0.25) is 4.79 Å². The number of aromatic hydroxyl groups is 1. The summed E-state index contributed by atoms with van der Waals surface area (Å²) >= 11 is 0. The first-order valence-corrected chi connectivity index (χ1v) is 20.1. The maximum atomic E-state index is 13.9. The van der Waals surface area contributed by atoms with Gasteiger partial charge in [-0.1, -0.05) is 13.0 Å². The van der Waals surface area contributed by atoms with E-state index in [2.05, 4.69) is 0 Å². The normalized spacial score (nSPS) is 37.0. The van der Waals surface area contributed by atoms with E-state index >= 15 is 0 Å². The van der Waals surface area contributed by atoms with E-state index in [0.717, 1.165) is 12.1 Å². The Morgan fingerprint density at radius 1 is 0.857 bits per heavy atom. The number of hydrogen-bond acceptors (Lipinski definition) is 20. The van der Waals surface area contributed by atoms with E-state index in [0.29, 0.717) is 12.0 Å². The second-order valence-corrected chi connectivity index (χ2v) is 16.8. The van der Waals surface area contributed by atoms with Crippen molar-refractivity contribution in [2.24, 2.45) is 5.41 Å². The Morgan fingerprint density at radius 3 is 2.14 bits per heavy atom. The Labute approximate surface area is 359 Å². The molecule has 0 radical (unpaired) electrons. The lowest BCUT2D eigenvalue weighted by molar-refractivity contribution is -0.280. The van der Waals surface area contributed by atoms with Gasteiger partial charge in [-0.25, -0.2) is 4.79 Å². The Balaban J connectivity index is 1.11. The fourth-order valence-electron chi connectivity index (χ4n) is 8.74. The maximum absolute atomic E-state index is 13.9. The van der Waals surface area contributed by atoms with E-state index in [9.17, 15) is 60.7 Å². The molecule has 0 spiro atoms. The molecule has 2 bridgehead atoms. The molecule has 1 aliphatic carbocycles. The number of fused-ring (bicyclic) bond motifs is 3. The van der Waals surface area contributed by atoms with Gasteiger partial charge >= 0.3 is 5.97 Å². The smallest absolute Gasteiger partial charge is 0.331 e. The van der Waals surface area contributed by atoms with Crippen LogP contribution in [-0.4, -0.2) is 163 Å². The zero-order valence-electron chi connectivity index (χ0n) is 34.6. The molecule has 4 aliphatic rings. The van der Waals surface area contributed by atoms with Crippen LogP contribution in [-0.2, 0) is 23.7 Å². The van der Waals surface area contributed by atoms with Gasteiger partial charge in [0.05, 0.1) is 33.0 Å². The van der Waals surface area contributed by atoms with Crippen LogP contribution in [0.5, 0.6) is 23.0 Å². The highest BCUT2D eigenvalue weighted by molar-refractivity contribution is 5.88. The largest absolute Gasteiger partial charge is 0.507 e. The number of phenolic OH excluding ortho intramolecular Hbond substituents is 1. The topological polar surface area (TPSA) is 314 Å². The molecule has 10 N–H and O–H groups in total. The van der Waals surface area contributed by atoms with Crippen molar-refractivity contribution in [3.63, 3.8) is 0 Å². The van der Waals surface area contributed by atoms with Crippen molar-refractivity contribution >= 4 is 16.9 Å². The monoisotopic (exact) mass is 888 g/mol. The van der Waals surface area contributed by atoms with Crippen molar-refractivity contribution < 1.29 is 93.4 Å². The number of benzene rings is 2. The first-order valence-electron chi connectivity index (χ1n) is 20.1. The van der Waals surface area contributed by atoms with Crippen molar-refractivity contribution in [3.8, 4) is 34.3 Å². The van der Waals surface area contributed by atoms with E-state index in [1.165, 1.54) is 49.6 Å². The summed E-state index contributed by atoms with van der Waals surface area (Å²) in [6.45, 7) is 3.78. The number of carbonyl (C=O) groups excluding carboxylic acids is 1. The molecule has 4 fully saturated rings. The molecule has 0 unspecified atom stereocenters. The van der Waals surface area contributed by atoms with Gasteiger partial charge in [0, 0.05) is 35.6 Å². The van der Waals surface area contributed by atoms with Crippen molar-refractivity contribution in [1.29, 1.82) is 0 Å². The summed E-state index contributed by atoms with van der Waals surface area (Å²) in [6.07, 6.45) is -12.9. The molecule has 3 aromatic rings. The van der Waals surface area contributed by atoms with Gasteiger partial charge in [0.15, 0.2) is 18.0 Å². The van der Waals surface area contributed by atoms with Crippen molar-refractivity contribution in [2.45, 2.75) is 112 Å². The first-order chi connectivity index (χ1) is 29.8. The number of phenols is 1. The van der Waals surface area contributed by atoms with E-state index in [1.807, 2.05) is 6.92 Å². The Kier molecular flexibility index (Phi) is 13.0. The van der Waals surface area contributed by atoms with E-state index in [1.54, 1.807) is 13.8 Å². The van der Waals surface area contributed by atoms with Gasteiger partial charge in [0.25, 0.3) is 0 Å². The number of allylic oxidation sites excluding steroid dienone is 2. The fourth-order valence-corrected chi connectivity index (χ4v) is 8.74. The molecule has 344 valence electrons. The van der Waals surface area contributed by atoms with Crippen LogP contribution in [0.15, 0.2) is 69.4 Å². The molecule has 7 rings (SSSR count). The lowest BCUT2D eigenvalue weighted by atomic mass is 9.59. The predicted octanol–water partition coefficient (Wildman–Crippen LogP) is -0.734. The number of hydrogen-bond donors (Lipinski definition) is 10. The van der Waals surface area contributed by atoms with Crippen LogP contribution in [0.2, 0.25) is 0 Å². The quantitative estimate of drug-likeness (QED) is 0.0609. The van der Waals surface area contributed by atoms with Gasteiger partial charge in [-0.05, 0) is 56.2 Å². The van der Waals surface area contributed by atoms with Crippen LogP contribution in [0.1, 0.15) is 33.6 Å². The second kappa shape index (κ2) is 17.7. The first kappa shape index (κ1) is 46.3.